The number of methoxy groups -OCH3 is 1. The Morgan fingerprint density at radius 3 is 2.84 bits per heavy atom. The molecule has 1 aliphatic rings. The SMILES string of the molecule is COc1ccc(NC(=O)NCCOc2ccc3c(c2)OCO3)cc1Cl. The normalized spacial score (nSPS) is 11.8. The van der Waals surface area contributed by atoms with Crippen molar-refractivity contribution in [3.8, 4) is 23.0 Å². The van der Waals surface area contributed by atoms with E-state index in [0.717, 1.165) is 0 Å². The molecule has 2 aromatic rings. The first-order valence-corrected chi connectivity index (χ1v) is 7.94. The predicted molar refractivity (Wildman–Crippen MR) is 93.1 cm³/mol. The summed E-state index contributed by atoms with van der Waals surface area (Å²) in [4.78, 5) is 11.9. The minimum atomic E-state index is -0.351. The van der Waals surface area contributed by atoms with Gasteiger partial charge < -0.3 is 29.6 Å². The van der Waals surface area contributed by atoms with Gasteiger partial charge in [0.25, 0.3) is 0 Å². The van der Waals surface area contributed by atoms with E-state index in [-0.39, 0.29) is 12.8 Å². The zero-order valence-corrected chi connectivity index (χ0v) is 14.3. The van der Waals surface area contributed by atoms with Crippen molar-refractivity contribution in [3.63, 3.8) is 0 Å². The summed E-state index contributed by atoms with van der Waals surface area (Å²) < 4.78 is 21.1. The van der Waals surface area contributed by atoms with Crippen LogP contribution in [0.15, 0.2) is 36.4 Å². The number of urea groups is 1. The lowest BCUT2D eigenvalue weighted by Gasteiger charge is -2.10. The lowest BCUT2D eigenvalue weighted by molar-refractivity contribution is 0.173. The molecule has 0 saturated heterocycles. The largest absolute Gasteiger partial charge is 0.495 e. The Kier molecular flexibility index (Phi) is 5.35. The van der Waals surface area contributed by atoms with E-state index in [1.54, 1.807) is 36.4 Å². The summed E-state index contributed by atoms with van der Waals surface area (Å²) in [6, 6.07) is 9.97. The molecule has 0 radical (unpaired) electrons. The molecule has 0 aliphatic carbocycles. The molecule has 132 valence electrons. The highest BCUT2D eigenvalue weighted by Gasteiger charge is 2.13. The molecule has 25 heavy (non-hydrogen) atoms. The van der Waals surface area contributed by atoms with Gasteiger partial charge in [0.05, 0.1) is 18.7 Å². The number of fused-ring (bicyclic) bond motifs is 1. The van der Waals surface area contributed by atoms with E-state index in [4.69, 9.17) is 30.5 Å². The fourth-order valence-electron chi connectivity index (χ4n) is 2.22. The van der Waals surface area contributed by atoms with E-state index in [2.05, 4.69) is 10.6 Å². The highest BCUT2D eigenvalue weighted by atomic mass is 35.5. The summed E-state index contributed by atoms with van der Waals surface area (Å²) in [5.41, 5.74) is 0.569. The van der Waals surface area contributed by atoms with Gasteiger partial charge in [-0.25, -0.2) is 4.79 Å². The van der Waals surface area contributed by atoms with Crippen LogP contribution < -0.4 is 29.6 Å². The van der Waals surface area contributed by atoms with Crippen LogP contribution in [0, 0.1) is 0 Å². The number of amides is 2. The number of carbonyl (C=O) groups excluding carboxylic acids is 1. The molecule has 7 nitrogen and oxygen atoms in total. The summed E-state index contributed by atoms with van der Waals surface area (Å²) >= 11 is 6.01. The van der Waals surface area contributed by atoms with Crippen LogP contribution in [-0.4, -0.2) is 33.1 Å². The van der Waals surface area contributed by atoms with Gasteiger partial charge >= 0.3 is 6.03 Å². The van der Waals surface area contributed by atoms with E-state index < -0.39 is 0 Å². The van der Waals surface area contributed by atoms with E-state index in [0.29, 0.717) is 46.9 Å². The van der Waals surface area contributed by atoms with Crippen LogP contribution in [0.3, 0.4) is 0 Å². The highest BCUT2D eigenvalue weighted by Crippen LogP contribution is 2.35. The van der Waals surface area contributed by atoms with Crippen molar-refractivity contribution in [1.82, 2.24) is 5.32 Å². The van der Waals surface area contributed by atoms with Crippen LogP contribution in [0.4, 0.5) is 10.5 Å². The first kappa shape index (κ1) is 17.0. The van der Waals surface area contributed by atoms with E-state index in [1.165, 1.54) is 7.11 Å². The fraction of sp³-hybridized carbons (Fsp3) is 0.235. The molecular weight excluding hydrogens is 348 g/mol. The third-order valence-corrected chi connectivity index (χ3v) is 3.71. The molecular formula is C17H17ClN2O5. The summed E-state index contributed by atoms with van der Waals surface area (Å²) in [6.07, 6.45) is 0. The monoisotopic (exact) mass is 364 g/mol. The van der Waals surface area contributed by atoms with Gasteiger partial charge in [0.2, 0.25) is 6.79 Å². The summed E-state index contributed by atoms with van der Waals surface area (Å²) in [6.45, 7) is 0.872. The second kappa shape index (κ2) is 7.85. The molecule has 1 aliphatic heterocycles. The average molecular weight is 365 g/mol. The molecule has 1 heterocycles. The second-order valence-electron chi connectivity index (χ2n) is 5.09. The van der Waals surface area contributed by atoms with Crippen molar-refractivity contribution in [3.05, 3.63) is 41.4 Å². The van der Waals surface area contributed by atoms with Gasteiger partial charge in [0.15, 0.2) is 11.5 Å². The number of hydrogen-bond acceptors (Lipinski definition) is 5. The van der Waals surface area contributed by atoms with Gasteiger partial charge in [-0.15, -0.1) is 0 Å². The third kappa shape index (κ3) is 4.39. The molecule has 3 rings (SSSR count). The maximum absolute atomic E-state index is 11.9. The van der Waals surface area contributed by atoms with Crippen LogP contribution in [0.2, 0.25) is 5.02 Å². The smallest absolute Gasteiger partial charge is 0.319 e. The van der Waals surface area contributed by atoms with E-state index in [1.807, 2.05) is 0 Å². The number of hydrogen-bond donors (Lipinski definition) is 2. The molecule has 8 heteroatoms. The standard InChI is InChI=1S/C17H17ClN2O5/c1-22-14-4-2-11(8-13(14)18)20-17(21)19-6-7-23-12-3-5-15-16(9-12)25-10-24-15/h2-5,8-9H,6-7,10H2,1H3,(H2,19,20,21). The van der Waals surface area contributed by atoms with Gasteiger partial charge in [-0.1, -0.05) is 11.6 Å². The Balaban J connectivity index is 1.41. The molecule has 0 bridgehead atoms. The Hall–Kier alpha value is -2.80. The first-order chi connectivity index (χ1) is 12.2. The first-order valence-electron chi connectivity index (χ1n) is 7.56. The summed E-state index contributed by atoms with van der Waals surface area (Å²) in [5.74, 6) is 2.54. The minimum absolute atomic E-state index is 0.218. The third-order valence-electron chi connectivity index (χ3n) is 3.41. The zero-order valence-electron chi connectivity index (χ0n) is 13.5. The highest BCUT2D eigenvalue weighted by molar-refractivity contribution is 6.32. The molecule has 2 amide bonds. The second-order valence-corrected chi connectivity index (χ2v) is 5.50. The Morgan fingerprint density at radius 2 is 2.04 bits per heavy atom. The van der Waals surface area contributed by atoms with Crippen molar-refractivity contribution in [2.24, 2.45) is 0 Å². The Labute approximate surface area is 149 Å². The van der Waals surface area contributed by atoms with Crippen LogP contribution in [-0.2, 0) is 0 Å². The molecule has 0 spiro atoms. The molecule has 0 aromatic heterocycles. The van der Waals surface area contributed by atoms with Crippen molar-refractivity contribution in [1.29, 1.82) is 0 Å². The molecule has 0 atom stereocenters. The summed E-state index contributed by atoms with van der Waals surface area (Å²) in [5, 5.41) is 5.80. The maximum atomic E-state index is 11.9. The minimum Gasteiger partial charge on any atom is -0.495 e. The number of benzene rings is 2. The lowest BCUT2D eigenvalue weighted by Crippen LogP contribution is -2.32. The number of rotatable bonds is 6. The van der Waals surface area contributed by atoms with E-state index >= 15 is 0 Å². The van der Waals surface area contributed by atoms with Crippen LogP contribution in [0.25, 0.3) is 0 Å². The fourth-order valence-corrected chi connectivity index (χ4v) is 2.48. The van der Waals surface area contributed by atoms with Gasteiger partial charge in [0.1, 0.15) is 18.1 Å². The van der Waals surface area contributed by atoms with Gasteiger partial charge in [-0.3, -0.25) is 0 Å². The van der Waals surface area contributed by atoms with Crippen molar-refractivity contribution in [2.75, 3.05) is 32.4 Å². The average Bonchev–Trinajstić information content (AvgIpc) is 3.06. The van der Waals surface area contributed by atoms with Crippen molar-refractivity contribution in [2.45, 2.75) is 0 Å². The van der Waals surface area contributed by atoms with Crippen LogP contribution in [0.1, 0.15) is 0 Å². The zero-order chi connectivity index (χ0) is 17.6. The number of halogens is 1. The number of anilines is 1. The van der Waals surface area contributed by atoms with Gasteiger partial charge in [0, 0.05) is 11.8 Å². The number of carbonyl (C=O) groups is 1. The van der Waals surface area contributed by atoms with Gasteiger partial charge in [-0.05, 0) is 30.3 Å². The molecule has 2 N–H and O–H groups in total. The molecule has 0 fully saturated rings. The Morgan fingerprint density at radius 1 is 1.20 bits per heavy atom. The van der Waals surface area contributed by atoms with Crippen LogP contribution in [0.5, 0.6) is 23.0 Å². The predicted octanol–water partition coefficient (Wildman–Crippen LogP) is 3.28. The van der Waals surface area contributed by atoms with Crippen molar-refractivity contribution < 1.29 is 23.7 Å². The van der Waals surface area contributed by atoms with Gasteiger partial charge in [-0.2, -0.15) is 0 Å². The quantitative estimate of drug-likeness (QED) is 0.769. The summed E-state index contributed by atoms with van der Waals surface area (Å²) in [7, 11) is 1.53. The molecule has 0 unspecified atom stereocenters. The lowest BCUT2D eigenvalue weighted by atomic mass is 10.3. The topological polar surface area (TPSA) is 78.1 Å². The molecule has 2 aromatic carbocycles. The molecule has 0 saturated carbocycles. The van der Waals surface area contributed by atoms with Crippen molar-refractivity contribution >= 4 is 23.3 Å². The Bertz CT molecular complexity index is 769. The van der Waals surface area contributed by atoms with E-state index in [9.17, 15) is 4.79 Å². The number of ether oxygens (including phenoxy) is 4. The maximum Gasteiger partial charge on any atom is 0.319 e. The van der Waals surface area contributed by atoms with Crippen LogP contribution >= 0.6 is 11.6 Å². The number of nitrogens with one attached hydrogen (secondary N) is 2.